The SMILES string of the molecule is CCCOc1ccccc1C=CC(=O)c1ccccc1. The highest BCUT2D eigenvalue weighted by Gasteiger charge is 2.02. The predicted octanol–water partition coefficient (Wildman–Crippen LogP) is 4.37. The molecule has 2 nitrogen and oxygen atoms in total. The number of hydrogen-bond acceptors (Lipinski definition) is 2. The average Bonchev–Trinajstić information content (AvgIpc) is 2.52. The molecule has 0 fully saturated rings. The van der Waals surface area contributed by atoms with E-state index in [0.29, 0.717) is 12.2 Å². The van der Waals surface area contributed by atoms with Gasteiger partial charge in [0.15, 0.2) is 5.78 Å². The second-order valence-corrected chi connectivity index (χ2v) is 4.45. The number of carbonyl (C=O) groups is 1. The Morgan fingerprint density at radius 1 is 1.05 bits per heavy atom. The van der Waals surface area contributed by atoms with Gasteiger partial charge in [-0.1, -0.05) is 55.5 Å². The molecule has 0 amide bonds. The molecule has 0 radical (unpaired) electrons. The van der Waals surface area contributed by atoms with Crippen LogP contribution in [0, 0.1) is 0 Å². The summed E-state index contributed by atoms with van der Waals surface area (Å²) in [6.07, 6.45) is 4.35. The normalized spacial score (nSPS) is 10.7. The topological polar surface area (TPSA) is 26.3 Å². The first-order chi connectivity index (χ1) is 9.81. The highest BCUT2D eigenvalue weighted by molar-refractivity contribution is 6.06. The van der Waals surface area contributed by atoms with Crippen LogP contribution in [0.2, 0.25) is 0 Å². The van der Waals surface area contributed by atoms with E-state index in [-0.39, 0.29) is 5.78 Å². The first-order valence-corrected chi connectivity index (χ1v) is 6.80. The summed E-state index contributed by atoms with van der Waals surface area (Å²) < 4.78 is 5.66. The van der Waals surface area contributed by atoms with E-state index in [2.05, 4.69) is 6.92 Å². The van der Waals surface area contributed by atoms with Gasteiger partial charge in [-0.05, 0) is 24.6 Å². The maximum Gasteiger partial charge on any atom is 0.185 e. The lowest BCUT2D eigenvalue weighted by Gasteiger charge is -2.07. The molecule has 20 heavy (non-hydrogen) atoms. The zero-order valence-corrected chi connectivity index (χ0v) is 11.6. The van der Waals surface area contributed by atoms with Crippen LogP contribution in [0.5, 0.6) is 5.75 Å². The van der Waals surface area contributed by atoms with Gasteiger partial charge in [-0.25, -0.2) is 0 Å². The summed E-state index contributed by atoms with van der Waals surface area (Å²) in [5.74, 6) is 0.808. The molecule has 0 saturated heterocycles. The second-order valence-electron chi connectivity index (χ2n) is 4.45. The van der Waals surface area contributed by atoms with Crippen molar-refractivity contribution in [3.63, 3.8) is 0 Å². The third kappa shape index (κ3) is 3.82. The Balaban J connectivity index is 2.13. The number of carbonyl (C=O) groups excluding carboxylic acids is 1. The summed E-state index contributed by atoms with van der Waals surface area (Å²) in [7, 11) is 0. The second kappa shape index (κ2) is 7.29. The lowest BCUT2D eigenvalue weighted by atomic mass is 10.1. The zero-order valence-electron chi connectivity index (χ0n) is 11.6. The molecule has 0 aliphatic carbocycles. The van der Waals surface area contributed by atoms with Gasteiger partial charge in [-0.3, -0.25) is 4.79 Å². The molecule has 102 valence electrons. The fraction of sp³-hybridized carbons (Fsp3) is 0.167. The van der Waals surface area contributed by atoms with Crippen molar-refractivity contribution >= 4 is 11.9 Å². The van der Waals surface area contributed by atoms with E-state index in [4.69, 9.17) is 4.74 Å². The van der Waals surface area contributed by atoms with Crippen LogP contribution < -0.4 is 4.74 Å². The zero-order chi connectivity index (χ0) is 14.2. The molecule has 0 aliphatic heterocycles. The minimum atomic E-state index is -0.00380. The first kappa shape index (κ1) is 14.1. The predicted molar refractivity (Wildman–Crippen MR) is 82.0 cm³/mol. The van der Waals surface area contributed by atoms with Gasteiger partial charge in [0.2, 0.25) is 0 Å². The molecule has 0 spiro atoms. The number of hydrogen-bond donors (Lipinski definition) is 0. The van der Waals surface area contributed by atoms with Crippen molar-refractivity contribution in [3.8, 4) is 5.75 Å². The summed E-state index contributed by atoms with van der Waals surface area (Å²) in [6, 6.07) is 17.0. The number of allylic oxidation sites excluding steroid dienone is 1. The van der Waals surface area contributed by atoms with Crippen LogP contribution in [0.25, 0.3) is 6.08 Å². The molecule has 0 atom stereocenters. The van der Waals surface area contributed by atoms with Crippen molar-refractivity contribution in [1.82, 2.24) is 0 Å². The third-order valence-electron chi connectivity index (χ3n) is 2.85. The standard InChI is InChI=1S/C18H18O2/c1-2-14-20-18-11-7-6-10-16(18)12-13-17(19)15-8-4-3-5-9-15/h3-13H,2,14H2,1H3. The molecular weight excluding hydrogens is 248 g/mol. The first-order valence-electron chi connectivity index (χ1n) is 6.80. The van der Waals surface area contributed by atoms with Gasteiger partial charge < -0.3 is 4.74 Å². The largest absolute Gasteiger partial charge is 0.493 e. The highest BCUT2D eigenvalue weighted by atomic mass is 16.5. The van der Waals surface area contributed by atoms with Gasteiger partial charge in [-0.15, -0.1) is 0 Å². The van der Waals surface area contributed by atoms with Crippen molar-refractivity contribution in [2.24, 2.45) is 0 Å². The molecule has 0 aromatic heterocycles. The Kier molecular flexibility index (Phi) is 5.13. The molecular formula is C18H18O2. The van der Waals surface area contributed by atoms with E-state index in [0.717, 1.165) is 17.7 Å². The van der Waals surface area contributed by atoms with Crippen LogP contribution in [-0.4, -0.2) is 12.4 Å². The summed E-state index contributed by atoms with van der Waals surface area (Å²) in [5.41, 5.74) is 1.61. The van der Waals surface area contributed by atoms with Crippen LogP contribution >= 0.6 is 0 Å². The monoisotopic (exact) mass is 266 g/mol. The minimum Gasteiger partial charge on any atom is -0.493 e. The van der Waals surface area contributed by atoms with E-state index in [1.807, 2.05) is 54.6 Å². The van der Waals surface area contributed by atoms with E-state index < -0.39 is 0 Å². The van der Waals surface area contributed by atoms with E-state index >= 15 is 0 Å². The summed E-state index contributed by atoms with van der Waals surface area (Å²) >= 11 is 0. The Bertz CT molecular complexity index is 585. The van der Waals surface area contributed by atoms with Crippen molar-refractivity contribution in [2.45, 2.75) is 13.3 Å². The molecule has 0 unspecified atom stereocenters. The maximum atomic E-state index is 12.0. The number of rotatable bonds is 6. The van der Waals surface area contributed by atoms with Crippen LogP contribution in [0.4, 0.5) is 0 Å². The fourth-order valence-electron chi connectivity index (χ4n) is 1.83. The number of ketones is 1. The summed E-state index contributed by atoms with van der Waals surface area (Å²) in [5, 5.41) is 0. The molecule has 0 aliphatic rings. The maximum absolute atomic E-state index is 12.0. The Morgan fingerprint density at radius 2 is 1.75 bits per heavy atom. The van der Waals surface area contributed by atoms with Crippen LogP contribution in [0.1, 0.15) is 29.3 Å². The average molecular weight is 266 g/mol. The Labute approximate surface area is 119 Å². The fourth-order valence-corrected chi connectivity index (χ4v) is 1.83. The van der Waals surface area contributed by atoms with Gasteiger partial charge in [0.25, 0.3) is 0 Å². The summed E-state index contributed by atoms with van der Waals surface area (Å²) in [4.78, 5) is 12.0. The number of ether oxygens (including phenoxy) is 1. The van der Waals surface area contributed by atoms with Gasteiger partial charge in [-0.2, -0.15) is 0 Å². The van der Waals surface area contributed by atoms with Gasteiger partial charge in [0.05, 0.1) is 6.61 Å². The summed E-state index contributed by atoms with van der Waals surface area (Å²) in [6.45, 7) is 2.74. The Hall–Kier alpha value is -2.35. The van der Waals surface area contributed by atoms with E-state index in [1.54, 1.807) is 12.2 Å². The van der Waals surface area contributed by atoms with Crippen molar-refractivity contribution in [1.29, 1.82) is 0 Å². The number of para-hydroxylation sites is 1. The molecule has 2 aromatic rings. The molecule has 0 heterocycles. The van der Waals surface area contributed by atoms with E-state index in [1.165, 1.54) is 0 Å². The van der Waals surface area contributed by atoms with Crippen LogP contribution in [-0.2, 0) is 0 Å². The molecule has 0 bridgehead atoms. The lowest BCUT2D eigenvalue weighted by molar-refractivity contribution is 0.104. The van der Waals surface area contributed by atoms with Crippen LogP contribution in [0.3, 0.4) is 0 Å². The smallest absolute Gasteiger partial charge is 0.185 e. The lowest BCUT2D eigenvalue weighted by Crippen LogP contribution is -1.97. The molecule has 2 heteroatoms. The Morgan fingerprint density at radius 3 is 2.50 bits per heavy atom. The van der Waals surface area contributed by atoms with E-state index in [9.17, 15) is 4.79 Å². The van der Waals surface area contributed by atoms with Crippen LogP contribution in [0.15, 0.2) is 60.7 Å². The quantitative estimate of drug-likeness (QED) is 0.573. The van der Waals surface area contributed by atoms with Gasteiger partial charge >= 0.3 is 0 Å². The van der Waals surface area contributed by atoms with Crippen molar-refractivity contribution < 1.29 is 9.53 Å². The number of benzene rings is 2. The van der Waals surface area contributed by atoms with Gasteiger partial charge in [0.1, 0.15) is 5.75 Å². The highest BCUT2D eigenvalue weighted by Crippen LogP contribution is 2.20. The van der Waals surface area contributed by atoms with Crippen molar-refractivity contribution in [3.05, 3.63) is 71.8 Å². The van der Waals surface area contributed by atoms with Crippen molar-refractivity contribution in [2.75, 3.05) is 6.61 Å². The molecule has 2 aromatic carbocycles. The minimum absolute atomic E-state index is 0.00380. The molecule has 0 N–H and O–H groups in total. The van der Waals surface area contributed by atoms with Gasteiger partial charge in [0, 0.05) is 11.1 Å². The third-order valence-corrected chi connectivity index (χ3v) is 2.85. The molecule has 2 rings (SSSR count). The molecule has 0 saturated carbocycles.